The van der Waals surface area contributed by atoms with Gasteiger partial charge in [-0.3, -0.25) is 9.80 Å². The molecule has 1 aliphatic rings. The topological polar surface area (TPSA) is 30.3 Å². The van der Waals surface area contributed by atoms with Crippen molar-refractivity contribution < 1.29 is 0 Å². The summed E-state index contributed by atoms with van der Waals surface area (Å²) in [6.07, 6.45) is 0. The van der Waals surface area contributed by atoms with Crippen LogP contribution in [0.2, 0.25) is 5.02 Å². The molecule has 1 saturated heterocycles. The zero-order chi connectivity index (χ0) is 16.9. The van der Waals surface area contributed by atoms with Crippen molar-refractivity contribution in [2.75, 3.05) is 19.6 Å². The SMILES string of the molecule is CCN1C[C@@H](C#N)N(Cc2ccccc2)[C@H](c2ccc(Cl)cc2)C1. The zero-order valence-electron chi connectivity index (χ0n) is 13.9. The first kappa shape index (κ1) is 17.0. The summed E-state index contributed by atoms with van der Waals surface area (Å²) in [4.78, 5) is 4.68. The molecule has 0 amide bonds. The minimum Gasteiger partial charge on any atom is -0.299 e. The van der Waals surface area contributed by atoms with Crippen LogP contribution in [-0.2, 0) is 6.54 Å². The molecular weight excluding hydrogens is 318 g/mol. The van der Waals surface area contributed by atoms with Crippen molar-refractivity contribution in [1.82, 2.24) is 9.80 Å². The summed E-state index contributed by atoms with van der Waals surface area (Å²) < 4.78 is 0. The molecule has 1 heterocycles. The van der Waals surface area contributed by atoms with Gasteiger partial charge in [-0.1, -0.05) is 61.0 Å². The van der Waals surface area contributed by atoms with E-state index in [2.05, 4.69) is 59.2 Å². The summed E-state index contributed by atoms with van der Waals surface area (Å²) in [5.41, 5.74) is 2.45. The summed E-state index contributed by atoms with van der Waals surface area (Å²) in [5.74, 6) is 0. The van der Waals surface area contributed by atoms with Crippen LogP contribution < -0.4 is 0 Å². The van der Waals surface area contributed by atoms with Crippen molar-refractivity contribution in [3.8, 4) is 6.07 Å². The summed E-state index contributed by atoms with van der Waals surface area (Å²) in [6.45, 7) is 5.62. The molecule has 0 N–H and O–H groups in total. The average Bonchev–Trinajstić information content (AvgIpc) is 2.63. The van der Waals surface area contributed by atoms with E-state index < -0.39 is 0 Å². The highest BCUT2D eigenvalue weighted by Gasteiger charge is 2.34. The molecule has 1 aliphatic heterocycles. The fourth-order valence-corrected chi connectivity index (χ4v) is 3.49. The predicted molar refractivity (Wildman–Crippen MR) is 97.7 cm³/mol. The molecule has 1 fully saturated rings. The van der Waals surface area contributed by atoms with Crippen molar-refractivity contribution in [3.05, 3.63) is 70.7 Å². The largest absolute Gasteiger partial charge is 0.299 e. The summed E-state index contributed by atoms with van der Waals surface area (Å²) >= 11 is 6.05. The molecule has 0 radical (unpaired) electrons. The smallest absolute Gasteiger partial charge is 0.111 e. The normalized spacial score (nSPS) is 22.2. The lowest BCUT2D eigenvalue weighted by molar-refractivity contribution is 0.0416. The Balaban J connectivity index is 1.92. The van der Waals surface area contributed by atoms with Gasteiger partial charge in [-0.25, -0.2) is 0 Å². The van der Waals surface area contributed by atoms with Crippen molar-refractivity contribution in [3.63, 3.8) is 0 Å². The number of halogens is 1. The monoisotopic (exact) mass is 339 g/mol. The van der Waals surface area contributed by atoms with Crippen LogP contribution >= 0.6 is 11.6 Å². The minimum absolute atomic E-state index is 0.111. The van der Waals surface area contributed by atoms with E-state index in [1.54, 1.807) is 0 Å². The van der Waals surface area contributed by atoms with E-state index in [-0.39, 0.29) is 12.1 Å². The minimum atomic E-state index is -0.111. The average molecular weight is 340 g/mol. The number of nitrogens with zero attached hydrogens (tertiary/aromatic N) is 3. The third-order valence-corrected chi connectivity index (χ3v) is 4.97. The molecule has 124 valence electrons. The van der Waals surface area contributed by atoms with E-state index in [0.717, 1.165) is 31.2 Å². The first-order valence-corrected chi connectivity index (χ1v) is 8.76. The van der Waals surface area contributed by atoms with Crippen molar-refractivity contribution in [2.45, 2.75) is 25.6 Å². The Bertz CT molecular complexity index is 693. The molecule has 4 heteroatoms. The second-order valence-electron chi connectivity index (χ2n) is 6.22. The van der Waals surface area contributed by atoms with Crippen LogP contribution in [-0.4, -0.2) is 35.5 Å². The van der Waals surface area contributed by atoms with Gasteiger partial charge in [-0.2, -0.15) is 5.26 Å². The molecule has 0 aromatic heterocycles. The Hall–Kier alpha value is -1.86. The van der Waals surface area contributed by atoms with Gasteiger partial charge in [0.1, 0.15) is 6.04 Å². The van der Waals surface area contributed by atoms with Gasteiger partial charge < -0.3 is 0 Å². The highest BCUT2D eigenvalue weighted by molar-refractivity contribution is 6.30. The molecule has 0 spiro atoms. The molecule has 2 aromatic rings. The van der Waals surface area contributed by atoms with E-state index in [9.17, 15) is 5.26 Å². The van der Waals surface area contributed by atoms with Crippen LogP contribution in [0, 0.1) is 11.3 Å². The Labute approximate surface area is 149 Å². The lowest BCUT2D eigenvalue weighted by atomic mass is 9.98. The fraction of sp³-hybridized carbons (Fsp3) is 0.350. The van der Waals surface area contributed by atoms with E-state index in [1.807, 2.05) is 18.2 Å². The standard InChI is InChI=1S/C20H22ClN3/c1-2-23-14-19(12-22)24(13-16-6-4-3-5-7-16)20(15-23)17-8-10-18(21)11-9-17/h3-11,19-20H,2,13-15H2,1H3/t19-,20+/m1/s1. The molecule has 0 unspecified atom stereocenters. The maximum absolute atomic E-state index is 9.72. The Kier molecular flexibility index (Phi) is 5.52. The van der Waals surface area contributed by atoms with E-state index in [1.165, 1.54) is 11.1 Å². The number of rotatable bonds is 4. The fourth-order valence-electron chi connectivity index (χ4n) is 3.36. The number of hydrogen-bond donors (Lipinski definition) is 0. The summed E-state index contributed by atoms with van der Waals surface area (Å²) in [7, 11) is 0. The second-order valence-corrected chi connectivity index (χ2v) is 6.66. The molecule has 2 atom stereocenters. The maximum atomic E-state index is 9.72. The zero-order valence-corrected chi connectivity index (χ0v) is 14.7. The van der Waals surface area contributed by atoms with Gasteiger partial charge in [0, 0.05) is 30.7 Å². The molecule has 0 bridgehead atoms. The Morgan fingerprint density at radius 1 is 1.08 bits per heavy atom. The van der Waals surface area contributed by atoms with Crippen molar-refractivity contribution in [1.29, 1.82) is 5.26 Å². The third kappa shape index (κ3) is 3.79. The number of nitriles is 1. The summed E-state index contributed by atoms with van der Waals surface area (Å²) in [6, 6.07) is 21.0. The van der Waals surface area contributed by atoms with Gasteiger partial charge >= 0.3 is 0 Å². The van der Waals surface area contributed by atoms with Crippen molar-refractivity contribution >= 4 is 11.6 Å². The first-order chi connectivity index (χ1) is 11.7. The third-order valence-electron chi connectivity index (χ3n) is 4.72. The molecule has 3 rings (SSSR count). The van der Waals surface area contributed by atoms with Crippen LogP contribution in [0.3, 0.4) is 0 Å². The van der Waals surface area contributed by atoms with E-state index in [0.29, 0.717) is 0 Å². The van der Waals surface area contributed by atoms with Gasteiger partial charge in [0.05, 0.1) is 6.07 Å². The van der Waals surface area contributed by atoms with Gasteiger partial charge in [-0.15, -0.1) is 0 Å². The highest BCUT2D eigenvalue weighted by Crippen LogP contribution is 2.31. The number of hydrogen-bond acceptors (Lipinski definition) is 3. The van der Waals surface area contributed by atoms with Crippen LogP contribution in [0.4, 0.5) is 0 Å². The lowest BCUT2D eigenvalue weighted by Crippen LogP contribution is -2.53. The second kappa shape index (κ2) is 7.81. The molecular formula is C20H22ClN3. The van der Waals surface area contributed by atoms with E-state index in [4.69, 9.17) is 11.6 Å². The molecule has 3 nitrogen and oxygen atoms in total. The van der Waals surface area contributed by atoms with E-state index >= 15 is 0 Å². The molecule has 0 aliphatic carbocycles. The van der Waals surface area contributed by atoms with Crippen molar-refractivity contribution in [2.24, 2.45) is 0 Å². The van der Waals surface area contributed by atoms with Crippen LogP contribution in [0.5, 0.6) is 0 Å². The van der Waals surface area contributed by atoms with Gasteiger partial charge in [0.2, 0.25) is 0 Å². The highest BCUT2D eigenvalue weighted by atomic mass is 35.5. The first-order valence-electron chi connectivity index (χ1n) is 8.38. The van der Waals surface area contributed by atoms with Gasteiger partial charge in [0.15, 0.2) is 0 Å². The van der Waals surface area contributed by atoms with Crippen LogP contribution in [0.1, 0.15) is 24.1 Å². The molecule has 24 heavy (non-hydrogen) atoms. The Morgan fingerprint density at radius 2 is 1.79 bits per heavy atom. The lowest BCUT2D eigenvalue weighted by Gasteiger charge is -2.44. The molecule has 0 saturated carbocycles. The van der Waals surface area contributed by atoms with Crippen LogP contribution in [0.25, 0.3) is 0 Å². The predicted octanol–water partition coefficient (Wildman–Crippen LogP) is 4.11. The number of benzene rings is 2. The maximum Gasteiger partial charge on any atom is 0.111 e. The quantitative estimate of drug-likeness (QED) is 0.839. The molecule has 2 aromatic carbocycles. The number of piperazine rings is 1. The van der Waals surface area contributed by atoms with Crippen LogP contribution in [0.15, 0.2) is 54.6 Å². The summed E-state index contributed by atoms with van der Waals surface area (Å²) in [5, 5.41) is 10.5. The van der Waals surface area contributed by atoms with Gasteiger partial charge in [-0.05, 0) is 29.8 Å². The number of likely N-dealkylation sites (N-methyl/N-ethyl adjacent to an activating group) is 1. The Morgan fingerprint density at radius 3 is 2.42 bits per heavy atom. The van der Waals surface area contributed by atoms with Gasteiger partial charge in [0.25, 0.3) is 0 Å².